The number of hydrogen-bond acceptors (Lipinski definition) is 3. The van der Waals surface area contributed by atoms with Crippen LogP contribution in [0.25, 0.3) is 10.9 Å². The first-order valence-corrected chi connectivity index (χ1v) is 11.3. The molecule has 5 heteroatoms. The van der Waals surface area contributed by atoms with Gasteiger partial charge in [0.05, 0.1) is 11.2 Å². The molecule has 1 aromatic heterocycles. The standard InChI is InChI=1S/C26H32N4O/c1-19-7-3-4-8-22(19)18-21-11-14-30(15-12-21)16-13-27-26(31)29-25-17-20(2)28-24-10-6-5-9-23(24)25/h3-10,17,21H,11-16,18H2,1-2H3,(H2,27,28,29,31). The van der Waals surface area contributed by atoms with Gasteiger partial charge in [-0.1, -0.05) is 42.5 Å². The number of aryl methyl sites for hydroxylation is 2. The number of rotatable bonds is 6. The van der Waals surface area contributed by atoms with Crippen LogP contribution in [0, 0.1) is 19.8 Å². The number of carbonyl (C=O) groups is 1. The molecule has 0 atom stereocenters. The molecule has 2 N–H and O–H groups in total. The van der Waals surface area contributed by atoms with Crippen LogP contribution in [0.4, 0.5) is 10.5 Å². The Hall–Kier alpha value is -2.92. The lowest BCUT2D eigenvalue weighted by atomic mass is 9.88. The van der Waals surface area contributed by atoms with E-state index in [0.717, 1.165) is 47.8 Å². The Morgan fingerprint density at radius 2 is 1.81 bits per heavy atom. The molecule has 2 amide bonds. The summed E-state index contributed by atoms with van der Waals surface area (Å²) >= 11 is 0. The molecule has 0 saturated carbocycles. The van der Waals surface area contributed by atoms with Gasteiger partial charge in [-0.2, -0.15) is 0 Å². The van der Waals surface area contributed by atoms with Crippen molar-refractivity contribution < 1.29 is 4.79 Å². The topological polar surface area (TPSA) is 57.3 Å². The number of piperidine rings is 1. The molecule has 31 heavy (non-hydrogen) atoms. The molecule has 162 valence electrons. The minimum atomic E-state index is -0.162. The van der Waals surface area contributed by atoms with E-state index in [9.17, 15) is 4.79 Å². The van der Waals surface area contributed by atoms with Crippen LogP contribution in [0.15, 0.2) is 54.6 Å². The van der Waals surface area contributed by atoms with Crippen molar-refractivity contribution in [1.82, 2.24) is 15.2 Å². The van der Waals surface area contributed by atoms with Crippen LogP contribution in [0.2, 0.25) is 0 Å². The second-order valence-corrected chi connectivity index (χ2v) is 8.62. The third-order valence-corrected chi connectivity index (χ3v) is 6.28. The molecule has 1 saturated heterocycles. The molecule has 2 heterocycles. The molecule has 1 aliphatic rings. The molecular weight excluding hydrogens is 384 g/mol. The number of likely N-dealkylation sites (tertiary alicyclic amines) is 1. The zero-order valence-electron chi connectivity index (χ0n) is 18.5. The van der Waals surface area contributed by atoms with Gasteiger partial charge in [0.25, 0.3) is 0 Å². The summed E-state index contributed by atoms with van der Waals surface area (Å²) < 4.78 is 0. The third kappa shape index (κ3) is 5.61. The van der Waals surface area contributed by atoms with Crippen molar-refractivity contribution in [3.63, 3.8) is 0 Å². The predicted octanol–water partition coefficient (Wildman–Crippen LogP) is 4.93. The molecular formula is C26H32N4O. The maximum absolute atomic E-state index is 12.4. The molecule has 0 radical (unpaired) electrons. The molecule has 5 nitrogen and oxygen atoms in total. The summed E-state index contributed by atoms with van der Waals surface area (Å²) in [6, 6.07) is 18.4. The van der Waals surface area contributed by atoms with Gasteiger partial charge >= 0.3 is 6.03 Å². The van der Waals surface area contributed by atoms with E-state index in [4.69, 9.17) is 0 Å². The van der Waals surface area contributed by atoms with Crippen LogP contribution in [0.3, 0.4) is 0 Å². The average Bonchev–Trinajstić information content (AvgIpc) is 2.76. The summed E-state index contributed by atoms with van der Waals surface area (Å²) in [5.74, 6) is 0.761. The van der Waals surface area contributed by atoms with Crippen molar-refractivity contribution in [3.8, 4) is 0 Å². The van der Waals surface area contributed by atoms with Gasteiger partial charge in [0.15, 0.2) is 0 Å². The molecule has 0 spiro atoms. The largest absolute Gasteiger partial charge is 0.337 e. The highest BCUT2D eigenvalue weighted by Gasteiger charge is 2.19. The fourth-order valence-electron chi connectivity index (χ4n) is 4.47. The number of anilines is 1. The van der Waals surface area contributed by atoms with Gasteiger partial charge in [-0.05, 0) is 75.4 Å². The number of carbonyl (C=O) groups excluding carboxylic acids is 1. The van der Waals surface area contributed by atoms with Crippen molar-refractivity contribution in [2.75, 3.05) is 31.5 Å². The minimum Gasteiger partial charge on any atom is -0.337 e. The van der Waals surface area contributed by atoms with Crippen molar-refractivity contribution in [3.05, 3.63) is 71.4 Å². The molecule has 1 aliphatic heterocycles. The normalized spacial score (nSPS) is 15.2. The lowest BCUT2D eigenvalue weighted by Crippen LogP contribution is -2.41. The zero-order chi connectivity index (χ0) is 21.6. The SMILES string of the molecule is Cc1cc(NC(=O)NCCN2CCC(Cc3ccccc3C)CC2)c2ccccc2n1. The Bertz CT molecular complexity index is 1040. The monoisotopic (exact) mass is 416 g/mol. The molecule has 0 unspecified atom stereocenters. The maximum atomic E-state index is 12.4. The van der Waals surface area contributed by atoms with E-state index in [-0.39, 0.29) is 6.03 Å². The summed E-state index contributed by atoms with van der Waals surface area (Å²) in [4.78, 5) is 19.4. The lowest BCUT2D eigenvalue weighted by molar-refractivity contribution is 0.184. The van der Waals surface area contributed by atoms with Crippen molar-refractivity contribution >= 4 is 22.6 Å². The highest BCUT2D eigenvalue weighted by atomic mass is 16.2. The predicted molar refractivity (Wildman–Crippen MR) is 128 cm³/mol. The van der Waals surface area contributed by atoms with Gasteiger partial charge < -0.3 is 15.5 Å². The smallest absolute Gasteiger partial charge is 0.319 e. The Balaban J connectivity index is 1.21. The number of pyridine rings is 1. The summed E-state index contributed by atoms with van der Waals surface area (Å²) in [6.45, 7) is 7.90. The Labute approximate surface area is 184 Å². The van der Waals surface area contributed by atoms with Gasteiger partial charge in [0, 0.05) is 24.2 Å². The molecule has 0 aliphatic carbocycles. The molecule has 0 bridgehead atoms. The number of hydrogen-bond donors (Lipinski definition) is 2. The number of nitrogens with zero attached hydrogens (tertiary/aromatic N) is 2. The first-order valence-electron chi connectivity index (χ1n) is 11.3. The van der Waals surface area contributed by atoms with Crippen LogP contribution in [-0.2, 0) is 6.42 Å². The quantitative estimate of drug-likeness (QED) is 0.599. The summed E-state index contributed by atoms with van der Waals surface area (Å²) in [5.41, 5.74) is 5.47. The number of benzene rings is 2. The van der Waals surface area contributed by atoms with E-state index in [1.54, 1.807) is 0 Å². The number of amides is 2. The first kappa shape index (κ1) is 21.3. The molecule has 3 aromatic rings. The van der Waals surface area contributed by atoms with Crippen molar-refractivity contribution in [2.45, 2.75) is 33.1 Å². The van der Waals surface area contributed by atoms with Gasteiger partial charge in [0.1, 0.15) is 0 Å². The van der Waals surface area contributed by atoms with Crippen LogP contribution in [0.1, 0.15) is 29.7 Å². The van der Waals surface area contributed by atoms with Crippen LogP contribution >= 0.6 is 0 Å². The van der Waals surface area contributed by atoms with Gasteiger partial charge in [-0.25, -0.2) is 4.79 Å². The van der Waals surface area contributed by atoms with E-state index in [1.807, 2.05) is 37.3 Å². The van der Waals surface area contributed by atoms with Gasteiger partial charge in [-0.15, -0.1) is 0 Å². The van der Waals surface area contributed by atoms with E-state index < -0.39 is 0 Å². The fourth-order valence-corrected chi connectivity index (χ4v) is 4.47. The second-order valence-electron chi connectivity index (χ2n) is 8.62. The minimum absolute atomic E-state index is 0.162. The highest BCUT2D eigenvalue weighted by Crippen LogP contribution is 2.24. The van der Waals surface area contributed by atoms with Crippen molar-refractivity contribution in [2.24, 2.45) is 5.92 Å². The Morgan fingerprint density at radius 1 is 1.06 bits per heavy atom. The summed E-state index contributed by atoms with van der Waals surface area (Å²) in [7, 11) is 0. The first-order chi connectivity index (χ1) is 15.1. The van der Waals surface area contributed by atoms with E-state index in [0.29, 0.717) is 6.54 Å². The molecule has 2 aromatic carbocycles. The number of aromatic nitrogens is 1. The van der Waals surface area contributed by atoms with Crippen LogP contribution < -0.4 is 10.6 Å². The zero-order valence-corrected chi connectivity index (χ0v) is 18.5. The van der Waals surface area contributed by atoms with Crippen molar-refractivity contribution in [1.29, 1.82) is 0 Å². The number of fused-ring (bicyclic) bond motifs is 1. The number of urea groups is 1. The average molecular weight is 417 g/mol. The maximum Gasteiger partial charge on any atom is 0.319 e. The fraction of sp³-hybridized carbons (Fsp3) is 0.385. The third-order valence-electron chi connectivity index (χ3n) is 6.28. The molecule has 4 rings (SSSR count). The lowest BCUT2D eigenvalue weighted by Gasteiger charge is -2.32. The summed E-state index contributed by atoms with van der Waals surface area (Å²) in [5, 5.41) is 6.96. The summed E-state index contributed by atoms with van der Waals surface area (Å²) in [6.07, 6.45) is 3.63. The second kappa shape index (κ2) is 9.92. The Kier molecular flexibility index (Phi) is 6.82. The van der Waals surface area contributed by atoms with Crippen LogP contribution in [0.5, 0.6) is 0 Å². The van der Waals surface area contributed by atoms with E-state index in [2.05, 4.69) is 51.7 Å². The van der Waals surface area contributed by atoms with Gasteiger partial charge in [-0.3, -0.25) is 4.98 Å². The van der Waals surface area contributed by atoms with E-state index in [1.165, 1.54) is 30.4 Å². The highest BCUT2D eigenvalue weighted by molar-refractivity contribution is 6.00. The number of para-hydroxylation sites is 1. The van der Waals surface area contributed by atoms with Crippen LogP contribution in [-0.4, -0.2) is 42.1 Å². The van der Waals surface area contributed by atoms with E-state index >= 15 is 0 Å². The Morgan fingerprint density at radius 3 is 2.61 bits per heavy atom. The molecule has 1 fully saturated rings. The number of nitrogens with one attached hydrogen (secondary N) is 2. The van der Waals surface area contributed by atoms with Gasteiger partial charge in [0.2, 0.25) is 0 Å².